The molecule has 0 atom stereocenters. The fraction of sp³-hybridized carbons (Fsp3) is 0.167. The Kier molecular flexibility index (Phi) is 6.13. The smallest absolute Gasteiger partial charge is 0.315 e. The van der Waals surface area contributed by atoms with Gasteiger partial charge in [-0.15, -0.1) is 0 Å². The maximum atomic E-state index is 12.6. The molecule has 0 aliphatic heterocycles. The first-order chi connectivity index (χ1) is 13.3. The molecular weight excluding hydrogens is 368 g/mol. The predicted molar refractivity (Wildman–Crippen MR) is 97.2 cm³/mol. The molecule has 0 aliphatic rings. The van der Waals surface area contributed by atoms with E-state index in [1.54, 1.807) is 30.5 Å². The molecule has 1 aromatic carbocycles. The second-order valence-corrected chi connectivity index (χ2v) is 5.62. The number of aliphatic hydroxyl groups is 1. The van der Waals surface area contributed by atoms with Gasteiger partial charge in [-0.2, -0.15) is 5.26 Å². The van der Waals surface area contributed by atoms with Crippen molar-refractivity contribution in [3.63, 3.8) is 0 Å². The molecule has 2 N–H and O–H groups in total. The number of carbonyl (C=O) groups is 1. The van der Waals surface area contributed by atoms with E-state index in [9.17, 15) is 30.4 Å². The molecule has 0 unspecified atom stereocenters. The molecule has 0 saturated heterocycles. The summed E-state index contributed by atoms with van der Waals surface area (Å²) < 4.78 is 4.85. The van der Waals surface area contributed by atoms with E-state index in [4.69, 9.17) is 4.74 Å². The number of benzene rings is 1. The molecule has 1 amide bonds. The Bertz CT molecular complexity index is 982. The summed E-state index contributed by atoms with van der Waals surface area (Å²) in [6.07, 6.45) is 1.55. The van der Waals surface area contributed by atoms with Crippen LogP contribution in [0.15, 0.2) is 42.1 Å². The number of nitriles is 1. The average Bonchev–Trinajstić information content (AvgIpc) is 2.68. The molecule has 0 bridgehead atoms. The van der Waals surface area contributed by atoms with Gasteiger partial charge >= 0.3 is 5.69 Å². The lowest BCUT2D eigenvalue weighted by Gasteiger charge is -2.17. The number of hydrogen-bond donors (Lipinski definition) is 2. The van der Waals surface area contributed by atoms with Crippen molar-refractivity contribution >= 4 is 17.4 Å². The third-order valence-electron chi connectivity index (χ3n) is 3.78. The minimum Gasteiger partial charge on any atom is -0.506 e. The number of hydrogen-bond acceptors (Lipinski definition) is 8. The maximum Gasteiger partial charge on any atom is 0.315 e. The molecule has 0 saturated carbocycles. The number of methoxy groups -OCH3 is 1. The quantitative estimate of drug-likeness (QED) is 0.253. The summed E-state index contributed by atoms with van der Waals surface area (Å²) in [7, 11) is 2.59. The third kappa shape index (κ3) is 4.16. The van der Waals surface area contributed by atoms with Crippen LogP contribution in [0.25, 0.3) is 5.76 Å². The Morgan fingerprint density at radius 2 is 2.14 bits per heavy atom. The van der Waals surface area contributed by atoms with Crippen molar-refractivity contribution in [2.24, 2.45) is 0 Å². The number of nitro benzene ring substituents is 1. The third-order valence-corrected chi connectivity index (χ3v) is 3.78. The van der Waals surface area contributed by atoms with Crippen molar-refractivity contribution < 1.29 is 24.7 Å². The molecule has 28 heavy (non-hydrogen) atoms. The first-order valence-electron chi connectivity index (χ1n) is 7.84. The normalized spacial score (nSPS) is 11.2. The number of aromatic hydroxyl groups is 1. The van der Waals surface area contributed by atoms with Crippen LogP contribution in [0.1, 0.15) is 11.3 Å². The van der Waals surface area contributed by atoms with Gasteiger partial charge < -0.3 is 19.8 Å². The van der Waals surface area contributed by atoms with Gasteiger partial charge in [-0.3, -0.25) is 19.9 Å². The van der Waals surface area contributed by atoms with Crippen molar-refractivity contribution in [1.82, 2.24) is 9.88 Å². The van der Waals surface area contributed by atoms with Gasteiger partial charge in [0.05, 0.1) is 24.3 Å². The molecular formula is C18H16N4O6. The number of nitro groups is 1. The minimum absolute atomic E-state index is 0.0805. The SMILES string of the molecule is COc1cc(/C(O)=C(\C#N)C(=O)N(C)Cc2ccccn2)cc([N+](=O)[O-])c1O. The number of carbonyl (C=O) groups excluding carboxylic acids is 1. The first-order valence-corrected chi connectivity index (χ1v) is 7.84. The number of aliphatic hydroxyl groups excluding tert-OH is 1. The van der Waals surface area contributed by atoms with Crippen molar-refractivity contribution in [2.75, 3.05) is 14.2 Å². The summed E-state index contributed by atoms with van der Waals surface area (Å²) in [6.45, 7) is 0.0805. The lowest BCUT2D eigenvalue weighted by Crippen LogP contribution is -2.28. The number of phenols is 1. The first kappa shape index (κ1) is 20.2. The summed E-state index contributed by atoms with van der Waals surface area (Å²) in [6, 6.07) is 8.68. The summed E-state index contributed by atoms with van der Waals surface area (Å²) >= 11 is 0. The molecule has 0 aliphatic carbocycles. The zero-order valence-electron chi connectivity index (χ0n) is 15.0. The number of amides is 1. The highest BCUT2D eigenvalue weighted by Crippen LogP contribution is 2.38. The standard InChI is InChI=1S/C18H16N4O6/c1-21(10-12-5-3-4-6-20-12)18(25)13(9-19)16(23)11-7-14(22(26)27)17(24)15(8-11)28-2/h3-8,23-24H,10H2,1-2H3/b16-13-. The lowest BCUT2D eigenvalue weighted by atomic mass is 10.1. The largest absolute Gasteiger partial charge is 0.506 e. The van der Waals surface area contributed by atoms with Gasteiger partial charge in [-0.05, 0) is 18.2 Å². The van der Waals surface area contributed by atoms with Gasteiger partial charge in [0.25, 0.3) is 5.91 Å². The Morgan fingerprint density at radius 3 is 2.68 bits per heavy atom. The van der Waals surface area contributed by atoms with Crippen LogP contribution in [0.4, 0.5) is 5.69 Å². The second kappa shape index (κ2) is 8.50. The number of aromatic nitrogens is 1. The number of pyridine rings is 1. The van der Waals surface area contributed by atoms with Crippen molar-refractivity contribution in [3.05, 3.63) is 63.5 Å². The second-order valence-electron chi connectivity index (χ2n) is 5.62. The summed E-state index contributed by atoms with van der Waals surface area (Å²) in [5, 5.41) is 40.7. The van der Waals surface area contributed by atoms with E-state index in [0.717, 1.165) is 12.1 Å². The fourth-order valence-electron chi connectivity index (χ4n) is 2.37. The highest BCUT2D eigenvalue weighted by Gasteiger charge is 2.25. The van der Waals surface area contributed by atoms with Gasteiger partial charge in [0, 0.05) is 24.9 Å². The number of ether oxygens (including phenoxy) is 1. The van der Waals surface area contributed by atoms with E-state index in [1.165, 1.54) is 19.1 Å². The Morgan fingerprint density at radius 1 is 1.43 bits per heavy atom. The molecule has 10 nitrogen and oxygen atoms in total. The van der Waals surface area contributed by atoms with Gasteiger partial charge in [-0.25, -0.2) is 0 Å². The van der Waals surface area contributed by atoms with Crippen LogP contribution in [0.3, 0.4) is 0 Å². The van der Waals surface area contributed by atoms with E-state index in [0.29, 0.717) is 5.69 Å². The number of rotatable bonds is 6. The van der Waals surface area contributed by atoms with Crippen LogP contribution in [0, 0.1) is 21.4 Å². The maximum absolute atomic E-state index is 12.6. The highest BCUT2D eigenvalue weighted by molar-refractivity contribution is 6.03. The van der Waals surface area contributed by atoms with Crippen molar-refractivity contribution in [1.29, 1.82) is 5.26 Å². The van der Waals surface area contributed by atoms with Crippen LogP contribution < -0.4 is 4.74 Å². The Labute approximate surface area is 159 Å². The molecule has 2 aromatic rings. The molecule has 144 valence electrons. The van der Waals surface area contributed by atoms with E-state index < -0.39 is 33.6 Å². The average molecular weight is 384 g/mol. The van der Waals surface area contributed by atoms with Gasteiger partial charge in [-0.1, -0.05) is 6.07 Å². The summed E-state index contributed by atoms with van der Waals surface area (Å²) in [5.41, 5.74) is -1.03. The van der Waals surface area contributed by atoms with Crippen LogP contribution in [0.5, 0.6) is 11.5 Å². The molecule has 2 rings (SSSR count). The molecule has 0 spiro atoms. The molecule has 1 aromatic heterocycles. The topological polar surface area (TPSA) is 150 Å². The number of phenolic OH excluding ortho intramolecular Hbond substituents is 1. The summed E-state index contributed by atoms with van der Waals surface area (Å²) in [5.74, 6) is -2.61. The summed E-state index contributed by atoms with van der Waals surface area (Å²) in [4.78, 5) is 28.0. The lowest BCUT2D eigenvalue weighted by molar-refractivity contribution is -0.386. The highest BCUT2D eigenvalue weighted by atomic mass is 16.6. The minimum atomic E-state index is -0.879. The van der Waals surface area contributed by atoms with Crippen molar-refractivity contribution in [3.8, 4) is 17.6 Å². The Hall–Kier alpha value is -4.13. The number of nitrogens with zero attached hydrogens (tertiary/aromatic N) is 4. The van der Waals surface area contributed by atoms with Crippen LogP contribution in [0.2, 0.25) is 0 Å². The molecule has 0 fully saturated rings. The van der Waals surface area contributed by atoms with Gasteiger partial charge in [0.2, 0.25) is 5.75 Å². The van der Waals surface area contributed by atoms with Gasteiger partial charge in [0.15, 0.2) is 11.3 Å². The predicted octanol–water partition coefficient (Wildman–Crippen LogP) is 2.16. The van der Waals surface area contributed by atoms with E-state index >= 15 is 0 Å². The zero-order valence-corrected chi connectivity index (χ0v) is 15.0. The molecule has 1 heterocycles. The van der Waals surface area contributed by atoms with Crippen molar-refractivity contribution in [2.45, 2.75) is 6.54 Å². The monoisotopic (exact) mass is 384 g/mol. The van der Waals surface area contributed by atoms with E-state index in [1.807, 2.05) is 0 Å². The fourth-order valence-corrected chi connectivity index (χ4v) is 2.37. The molecule has 0 radical (unpaired) electrons. The molecule has 10 heteroatoms. The number of likely N-dealkylation sites (N-methyl/N-ethyl adjacent to an activating group) is 1. The van der Waals surface area contributed by atoms with Gasteiger partial charge in [0.1, 0.15) is 11.8 Å². The van der Waals surface area contributed by atoms with Crippen LogP contribution in [-0.4, -0.2) is 45.1 Å². The van der Waals surface area contributed by atoms with E-state index in [2.05, 4.69) is 4.98 Å². The van der Waals surface area contributed by atoms with Crippen LogP contribution >= 0.6 is 0 Å². The van der Waals surface area contributed by atoms with E-state index in [-0.39, 0.29) is 17.9 Å². The Balaban J connectivity index is 2.45. The van der Waals surface area contributed by atoms with Crippen LogP contribution in [-0.2, 0) is 11.3 Å². The zero-order chi connectivity index (χ0) is 20.8.